The number of amides is 2. The lowest BCUT2D eigenvalue weighted by atomic mass is 10.1. The summed E-state index contributed by atoms with van der Waals surface area (Å²) >= 11 is 9.50. The quantitative estimate of drug-likeness (QED) is 0.665. The molecule has 2 aromatic carbocycles. The first kappa shape index (κ1) is 19.4. The van der Waals surface area contributed by atoms with Gasteiger partial charge in [-0.15, -0.1) is 0 Å². The summed E-state index contributed by atoms with van der Waals surface area (Å²) in [5, 5.41) is 5.84. The van der Waals surface area contributed by atoms with Gasteiger partial charge in [0.05, 0.1) is 23.7 Å². The van der Waals surface area contributed by atoms with E-state index < -0.39 is 0 Å². The molecule has 2 amide bonds. The second kappa shape index (κ2) is 9.56. The summed E-state index contributed by atoms with van der Waals surface area (Å²) < 4.78 is 5.80. The molecule has 0 fully saturated rings. The normalized spacial score (nSPS) is 10.4. The highest BCUT2D eigenvalue weighted by Gasteiger charge is 2.11. The van der Waals surface area contributed by atoms with E-state index in [1.807, 2.05) is 24.3 Å². The number of halogens is 2. The highest BCUT2D eigenvalue weighted by molar-refractivity contribution is 9.10. The first-order valence-electron chi connectivity index (χ1n) is 7.60. The van der Waals surface area contributed by atoms with E-state index in [0.29, 0.717) is 29.4 Å². The van der Waals surface area contributed by atoms with Gasteiger partial charge in [0.25, 0.3) is 5.91 Å². The Morgan fingerprint density at radius 2 is 2.00 bits per heavy atom. The smallest absolute Gasteiger partial charge is 0.251 e. The molecule has 2 aromatic rings. The predicted octanol–water partition coefficient (Wildman–Crippen LogP) is 3.66. The van der Waals surface area contributed by atoms with Crippen LogP contribution in [0.4, 0.5) is 5.69 Å². The Balaban J connectivity index is 2.04. The van der Waals surface area contributed by atoms with Gasteiger partial charge in [-0.05, 0) is 35.9 Å². The Morgan fingerprint density at radius 1 is 1.20 bits per heavy atom. The van der Waals surface area contributed by atoms with Gasteiger partial charge in [0.1, 0.15) is 0 Å². The standard InChI is InChI=1S/C18H18BrClN2O3/c1-25-8-7-21-18(24)13-5-6-15(20)16(11-13)22-17(23)10-12-3-2-4-14(19)9-12/h2-6,9,11H,7-8,10H2,1H3,(H,21,24)(H,22,23). The third-order valence-electron chi connectivity index (χ3n) is 3.35. The zero-order valence-corrected chi connectivity index (χ0v) is 16.0. The van der Waals surface area contributed by atoms with Crippen LogP contribution in [-0.2, 0) is 16.0 Å². The van der Waals surface area contributed by atoms with Crippen LogP contribution in [0.3, 0.4) is 0 Å². The second-order valence-corrected chi connectivity index (χ2v) is 6.62. The number of hydrogen-bond donors (Lipinski definition) is 2. The Morgan fingerprint density at radius 3 is 2.72 bits per heavy atom. The van der Waals surface area contributed by atoms with Crippen LogP contribution in [0.15, 0.2) is 46.9 Å². The zero-order chi connectivity index (χ0) is 18.2. The molecule has 0 spiro atoms. The van der Waals surface area contributed by atoms with Gasteiger partial charge in [0, 0.05) is 23.7 Å². The van der Waals surface area contributed by atoms with Crippen LogP contribution in [0.2, 0.25) is 5.02 Å². The van der Waals surface area contributed by atoms with E-state index in [1.54, 1.807) is 25.3 Å². The van der Waals surface area contributed by atoms with E-state index in [4.69, 9.17) is 16.3 Å². The minimum atomic E-state index is -0.254. The fourth-order valence-electron chi connectivity index (χ4n) is 2.16. The monoisotopic (exact) mass is 424 g/mol. The minimum absolute atomic E-state index is 0.208. The number of methoxy groups -OCH3 is 1. The van der Waals surface area contributed by atoms with Gasteiger partial charge < -0.3 is 15.4 Å². The molecule has 0 heterocycles. The molecule has 0 aromatic heterocycles. The van der Waals surface area contributed by atoms with Gasteiger partial charge in [-0.1, -0.05) is 39.7 Å². The average molecular weight is 426 g/mol. The Bertz CT molecular complexity index is 768. The van der Waals surface area contributed by atoms with E-state index in [-0.39, 0.29) is 18.2 Å². The Labute approximate surface area is 159 Å². The van der Waals surface area contributed by atoms with Crippen molar-refractivity contribution in [3.63, 3.8) is 0 Å². The summed E-state index contributed by atoms with van der Waals surface area (Å²) in [6.07, 6.45) is 0.208. The van der Waals surface area contributed by atoms with E-state index in [2.05, 4.69) is 26.6 Å². The van der Waals surface area contributed by atoms with Crippen LogP contribution < -0.4 is 10.6 Å². The van der Waals surface area contributed by atoms with Crippen LogP contribution >= 0.6 is 27.5 Å². The number of nitrogens with one attached hydrogen (secondary N) is 2. The number of ether oxygens (including phenoxy) is 1. The van der Waals surface area contributed by atoms with Crippen molar-refractivity contribution in [1.29, 1.82) is 0 Å². The van der Waals surface area contributed by atoms with Crippen LogP contribution in [0.5, 0.6) is 0 Å². The molecule has 2 rings (SSSR count). The number of carbonyl (C=O) groups is 2. The topological polar surface area (TPSA) is 67.4 Å². The van der Waals surface area contributed by atoms with E-state index in [1.165, 1.54) is 0 Å². The molecule has 0 aliphatic heterocycles. The van der Waals surface area contributed by atoms with Crippen molar-refractivity contribution in [1.82, 2.24) is 5.32 Å². The summed E-state index contributed by atoms with van der Waals surface area (Å²) in [5.74, 6) is -0.465. The summed E-state index contributed by atoms with van der Waals surface area (Å²) in [5.41, 5.74) is 1.69. The molecular weight excluding hydrogens is 408 g/mol. The van der Waals surface area contributed by atoms with Crippen molar-refractivity contribution in [3.05, 3.63) is 63.1 Å². The maximum absolute atomic E-state index is 12.2. The molecule has 0 atom stereocenters. The summed E-state index contributed by atoms with van der Waals surface area (Å²) in [7, 11) is 1.56. The van der Waals surface area contributed by atoms with Gasteiger partial charge in [-0.3, -0.25) is 9.59 Å². The summed E-state index contributed by atoms with van der Waals surface area (Å²) in [6, 6.07) is 12.3. The molecule has 2 N–H and O–H groups in total. The number of benzene rings is 2. The minimum Gasteiger partial charge on any atom is -0.383 e. The maximum atomic E-state index is 12.2. The molecule has 0 saturated heterocycles. The molecule has 0 aliphatic rings. The number of carbonyl (C=O) groups excluding carboxylic acids is 2. The van der Waals surface area contributed by atoms with Gasteiger partial charge in [-0.2, -0.15) is 0 Å². The zero-order valence-electron chi connectivity index (χ0n) is 13.6. The van der Waals surface area contributed by atoms with Crippen molar-refractivity contribution in [3.8, 4) is 0 Å². The van der Waals surface area contributed by atoms with Crippen molar-refractivity contribution < 1.29 is 14.3 Å². The molecule has 5 nitrogen and oxygen atoms in total. The third kappa shape index (κ3) is 6.16. The molecule has 0 radical (unpaired) electrons. The van der Waals surface area contributed by atoms with Crippen LogP contribution in [0.25, 0.3) is 0 Å². The summed E-state index contributed by atoms with van der Waals surface area (Å²) in [6.45, 7) is 0.831. The molecular formula is C18H18BrClN2O3. The lowest BCUT2D eigenvalue weighted by Gasteiger charge is -2.10. The van der Waals surface area contributed by atoms with E-state index in [9.17, 15) is 9.59 Å². The Hall–Kier alpha value is -1.89. The van der Waals surface area contributed by atoms with Gasteiger partial charge >= 0.3 is 0 Å². The van der Waals surface area contributed by atoms with Crippen molar-refractivity contribution >= 4 is 45.0 Å². The lowest BCUT2D eigenvalue weighted by molar-refractivity contribution is -0.115. The largest absolute Gasteiger partial charge is 0.383 e. The molecule has 7 heteroatoms. The molecule has 0 aliphatic carbocycles. The highest BCUT2D eigenvalue weighted by Crippen LogP contribution is 2.23. The molecule has 0 saturated carbocycles. The van der Waals surface area contributed by atoms with Crippen LogP contribution in [0.1, 0.15) is 15.9 Å². The van der Waals surface area contributed by atoms with Gasteiger partial charge in [-0.25, -0.2) is 0 Å². The highest BCUT2D eigenvalue weighted by atomic mass is 79.9. The fraction of sp³-hybridized carbons (Fsp3) is 0.222. The van der Waals surface area contributed by atoms with Crippen molar-refractivity contribution in [2.75, 3.05) is 25.6 Å². The number of hydrogen-bond acceptors (Lipinski definition) is 3. The molecule has 132 valence electrons. The van der Waals surface area contributed by atoms with Gasteiger partial charge in [0.2, 0.25) is 5.91 Å². The second-order valence-electron chi connectivity index (χ2n) is 5.30. The van der Waals surface area contributed by atoms with Crippen LogP contribution in [0, 0.1) is 0 Å². The number of anilines is 1. The van der Waals surface area contributed by atoms with E-state index in [0.717, 1.165) is 10.0 Å². The van der Waals surface area contributed by atoms with Crippen LogP contribution in [-0.4, -0.2) is 32.1 Å². The third-order valence-corrected chi connectivity index (χ3v) is 4.17. The molecule has 0 bridgehead atoms. The SMILES string of the molecule is COCCNC(=O)c1ccc(Cl)c(NC(=O)Cc2cccc(Br)c2)c1. The molecule has 25 heavy (non-hydrogen) atoms. The summed E-state index contributed by atoms with van der Waals surface area (Å²) in [4.78, 5) is 24.3. The predicted molar refractivity (Wildman–Crippen MR) is 102 cm³/mol. The molecule has 0 unspecified atom stereocenters. The fourth-order valence-corrected chi connectivity index (χ4v) is 2.77. The Kier molecular flexibility index (Phi) is 7.43. The first-order chi connectivity index (χ1) is 12.0. The van der Waals surface area contributed by atoms with Crippen molar-refractivity contribution in [2.24, 2.45) is 0 Å². The number of rotatable bonds is 7. The maximum Gasteiger partial charge on any atom is 0.251 e. The van der Waals surface area contributed by atoms with Gasteiger partial charge in [0.15, 0.2) is 0 Å². The van der Waals surface area contributed by atoms with E-state index >= 15 is 0 Å². The lowest BCUT2D eigenvalue weighted by Crippen LogP contribution is -2.27. The average Bonchev–Trinajstić information content (AvgIpc) is 2.57. The first-order valence-corrected chi connectivity index (χ1v) is 8.77. The van der Waals surface area contributed by atoms with Crippen molar-refractivity contribution in [2.45, 2.75) is 6.42 Å².